The van der Waals surface area contributed by atoms with Crippen molar-refractivity contribution in [2.45, 2.75) is 50.5 Å². The Morgan fingerprint density at radius 2 is 1.75 bits per heavy atom. The minimum atomic E-state index is -4.13. The molecule has 0 fully saturated rings. The zero-order chi connectivity index (χ0) is 9.61. The molecule has 0 N–H and O–H groups in total. The lowest BCUT2D eigenvalue weighted by molar-refractivity contribution is -0.129. The minimum absolute atomic E-state index is 0.145. The predicted molar refractivity (Wildman–Crippen MR) is 47.6 cm³/mol. The molecule has 0 radical (unpaired) electrons. The summed E-state index contributed by atoms with van der Waals surface area (Å²) in [7, 11) is 0. The largest absolute Gasteiger partial charge is 0.400 e. The Bertz CT molecular complexity index is 111. The van der Waals surface area contributed by atoms with Crippen LogP contribution in [0.25, 0.3) is 0 Å². The van der Waals surface area contributed by atoms with Crippen LogP contribution in [0.15, 0.2) is 0 Å². The van der Waals surface area contributed by atoms with Gasteiger partial charge in [-0.15, -0.1) is 0 Å². The number of thiol groups is 1. The molecule has 1 unspecified atom stereocenters. The lowest BCUT2D eigenvalue weighted by Gasteiger charge is -2.13. The van der Waals surface area contributed by atoms with E-state index in [1.54, 1.807) is 0 Å². The minimum Gasteiger partial charge on any atom is -0.170 e. The number of rotatable bonds is 5. The van der Waals surface area contributed by atoms with E-state index in [2.05, 4.69) is 12.6 Å². The summed E-state index contributed by atoms with van der Waals surface area (Å²) in [5.74, 6) is 0. The summed E-state index contributed by atoms with van der Waals surface area (Å²) in [5, 5.41) is -1.44. The van der Waals surface area contributed by atoms with Crippen LogP contribution in [-0.4, -0.2) is 11.4 Å². The van der Waals surface area contributed by atoms with Gasteiger partial charge in [-0.25, -0.2) is 0 Å². The van der Waals surface area contributed by atoms with Gasteiger partial charge in [0, 0.05) is 0 Å². The SMILES string of the molecule is CCCCCCC(S)C(F)(F)F. The molecule has 4 heteroatoms. The van der Waals surface area contributed by atoms with Crippen LogP contribution in [-0.2, 0) is 0 Å². The van der Waals surface area contributed by atoms with Gasteiger partial charge in [-0.05, 0) is 6.42 Å². The maximum atomic E-state index is 11.9. The van der Waals surface area contributed by atoms with Crippen molar-refractivity contribution >= 4 is 12.6 Å². The second kappa shape index (κ2) is 5.73. The van der Waals surface area contributed by atoms with Gasteiger partial charge in [0.15, 0.2) is 0 Å². The highest BCUT2D eigenvalue weighted by Crippen LogP contribution is 2.28. The van der Waals surface area contributed by atoms with Crippen molar-refractivity contribution in [3.63, 3.8) is 0 Å². The van der Waals surface area contributed by atoms with Crippen LogP contribution < -0.4 is 0 Å². The zero-order valence-electron chi connectivity index (χ0n) is 7.19. The van der Waals surface area contributed by atoms with Crippen LogP contribution in [0, 0.1) is 0 Å². The molecule has 0 rings (SSSR count). The van der Waals surface area contributed by atoms with Crippen LogP contribution in [0.5, 0.6) is 0 Å². The molecular formula is C8H15F3S. The van der Waals surface area contributed by atoms with E-state index in [0.29, 0.717) is 6.42 Å². The normalized spacial score (nSPS) is 14.8. The Kier molecular flexibility index (Phi) is 5.80. The second-order valence-electron chi connectivity index (χ2n) is 2.91. The monoisotopic (exact) mass is 200 g/mol. The summed E-state index contributed by atoms with van der Waals surface area (Å²) in [6.07, 6.45) is -0.422. The smallest absolute Gasteiger partial charge is 0.170 e. The molecular weight excluding hydrogens is 185 g/mol. The highest BCUT2D eigenvalue weighted by atomic mass is 32.1. The summed E-state index contributed by atoms with van der Waals surface area (Å²) >= 11 is 3.49. The molecule has 0 saturated carbocycles. The summed E-state index contributed by atoms with van der Waals surface area (Å²) in [6, 6.07) is 0. The molecule has 0 nitrogen and oxygen atoms in total. The number of hydrogen-bond acceptors (Lipinski definition) is 1. The maximum absolute atomic E-state index is 11.9. The standard InChI is InChI=1S/C8H15F3S/c1-2-3-4-5-6-7(12)8(9,10)11/h7,12H,2-6H2,1H3. The van der Waals surface area contributed by atoms with Crippen molar-refractivity contribution in [1.82, 2.24) is 0 Å². The summed E-state index contributed by atoms with van der Waals surface area (Å²) < 4.78 is 35.6. The van der Waals surface area contributed by atoms with E-state index < -0.39 is 11.4 Å². The highest BCUT2D eigenvalue weighted by Gasteiger charge is 2.35. The number of hydrogen-bond donors (Lipinski definition) is 1. The molecule has 0 bridgehead atoms. The Morgan fingerprint density at radius 3 is 2.17 bits per heavy atom. The van der Waals surface area contributed by atoms with E-state index in [1.165, 1.54) is 0 Å². The van der Waals surface area contributed by atoms with E-state index in [0.717, 1.165) is 19.3 Å². The molecule has 0 aliphatic rings. The van der Waals surface area contributed by atoms with Crippen LogP contribution in [0.2, 0.25) is 0 Å². The van der Waals surface area contributed by atoms with Crippen molar-refractivity contribution < 1.29 is 13.2 Å². The van der Waals surface area contributed by atoms with Gasteiger partial charge < -0.3 is 0 Å². The first-order valence-electron chi connectivity index (χ1n) is 4.23. The van der Waals surface area contributed by atoms with Crippen LogP contribution in [0.1, 0.15) is 39.0 Å². The average Bonchev–Trinajstić information content (AvgIpc) is 1.96. The average molecular weight is 200 g/mol. The maximum Gasteiger partial charge on any atom is 0.400 e. The van der Waals surface area contributed by atoms with Gasteiger partial charge >= 0.3 is 6.18 Å². The molecule has 0 aromatic heterocycles. The molecule has 0 aliphatic heterocycles. The van der Waals surface area contributed by atoms with E-state index in [-0.39, 0.29) is 6.42 Å². The molecule has 0 aromatic rings. The third-order valence-corrected chi connectivity index (χ3v) is 2.26. The first-order valence-corrected chi connectivity index (χ1v) is 4.75. The quantitative estimate of drug-likeness (QED) is 0.506. The van der Waals surface area contributed by atoms with E-state index in [9.17, 15) is 13.2 Å². The third kappa shape index (κ3) is 5.75. The molecule has 0 spiro atoms. The topological polar surface area (TPSA) is 0 Å². The van der Waals surface area contributed by atoms with Crippen LogP contribution in [0.4, 0.5) is 13.2 Å². The Morgan fingerprint density at radius 1 is 1.17 bits per heavy atom. The van der Waals surface area contributed by atoms with Crippen molar-refractivity contribution in [1.29, 1.82) is 0 Å². The predicted octanol–water partition coefficient (Wildman–Crippen LogP) is 3.82. The van der Waals surface area contributed by atoms with Crippen molar-refractivity contribution in [3.05, 3.63) is 0 Å². The summed E-state index contributed by atoms with van der Waals surface area (Å²) in [4.78, 5) is 0. The fourth-order valence-electron chi connectivity index (χ4n) is 0.928. The van der Waals surface area contributed by atoms with Gasteiger partial charge in [-0.1, -0.05) is 32.6 Å². The summed E-state index contributed by atoms with van der Waals surface area (Å²) in [6.45, 7) is 2.03. The van der Waals surface area contributed by atoms with Crippen molar-refractivity contribution in [2.24, 2.45) is 0 Å². The molecule has 0 saturated heterocycles. The van der Waals surface area contributed by atoms with E-state index in [1.807, 2.05) is 6.92 Å². The highest BCUT2D eigenvalue weighted by molar-refractivity contribution is 7.81. The fraction of sp³-hybridized carbons (Fsp3) is 1.00. The first kappa shape index (κ1) is 12.1. The first-order chi connectivity index (χ1) is 5.48. The lowest BCUT2D eigenvalue weighted by Crippen LogP contribution is -2.23. The van der Waals surface area contributed by atoms with Gasteiger partial charge in [-0.3, -0.25) is 0 Å². The van der Waals surface area contributed by atoms with Gasteiger partial charge in [0.05, 0.1) is 5.25 Å². The van der Waals surface area contributed by atoms with Crippen molar-refractivity contribution in [2.75, 3.05) is 0 Å². The lowest BCUT2D eigenvalue weighted by atomic mass is 10.1. The van der Waals surface area contributed by atoms with Crippen LogP contribution in [0.3, 0.4) is 0 Å². The third-order valence-electron chi connectivity index (χ3n) is 1.71. The Balaban J connectivity index is 3.38. The second-order valence-corrected chi connectivity index (χ2v) is 3.53. The molecule has 0 heterocycles. The molecule has 0 amide bonds. The van der Waals surface area contributed by atoms with Crippen LogP contribution >= 0.6 is 12.6 Å². The van der Waals surface area contributed by atoms with Gasteiger partial charge in [0.1, 0.15) is 0 Å². The van der Waals surface area contributed by atoms with E-state index >= 15 is 0 Å². The molecule has 1 atom stereocenters. The fourth-order valence-corrected chi connectivity index (χ4v) is 1.11. The van der Waals surface area contributed by atoms with Gasteiger partial charge in [0.25, 0.3) is 0 Å². The number of unbranched alkanes of at least 4 members (excludes halogenated alkanes) is 3. The van der Waals surface area contributed by atoms with Crippen molar-refractivity contribution in [3.8, 4) is 0 Å². The van der Waals surface area contributed by atoms with Gasteiger partial charge in [-0.2, -0.15) is 25.8 Å². The van der Waals surface area contributed by atoms with E-state index in [4.69, 9.17) is 0 Å². The Labute approximate surface area is 76.9 Å². The Hall–Kier alpha value is 0.140. The number of halogens is 3. The molecule has 0 aromatic carbocycles. The zero-order valence-corrected chi connectivity index (χ0v) is 8.09. The molecule has 12 heavy (non-hydrogen) atoms. The molecule has 74 valence electrons. The molecule has 0 aliphatic carbocycles. The summed E-state index contributed by atoms with van der Waals surface area (Å²) in [5.41, 5.74) is 0. The number of alkyl halides is 3. The van der Waals surface area contributed by atoms with Gasteiger partial charge in [0.2, 0.25) is 0 Å².